The number of hydrogen-bond donors (Lipinski definition) is 1. The Morgan fingerprint density at radius 3 is 1.72 bits per heavy atom. The van der Waals surface area contributed by atoms with Gasteiger partial charge in [-0.1, -0.05) is 0 Å². The zero-order valence-electron chi connectivity index (χ0n) is 8.18. The Morgan fingerprint density at radius 2 is 1.44 bits per heavy atom. The summed E-state index contributed by atoms with van der Waals surface area (Å²) < 4.78 is 73.9. The minimum Gasteiger partial charge on any atom is -0.477 e. The molecule has 1 aromatic rings. The molecule has 1 rings (SSSR count). The van der Waals surface area contributed by atoms with Gasteiger partial charge < -0.3 is 5.11 Å². The molecule has 18 heavy (non-hydrogen) atoms. The van der Waals surface area contributed by atoms with Gasteiger partial charge in [0.2, 0.25) is 9.05 Å². The number of halogens is 5. The smallest absolute Gasteiger partial charge is 0.341 e. The van der Waals surface area contributed by atoms with E-state index in [1.807, 2.05) is 0 Å². The van der Waals surface area contributed by atoms with E-state index in [1.165, 1.54) is 0 Å². The first-order chi connectivity index (χ1) is 8.06. The monoisotopic (exact) mass is 306 g/mol. The third-order valence-corrected chi connectivity index (χ3v) is 2.85. The highest BCUT2D eigenvalue weighted by molar-refractivity contribution is 8.13. The maximum Gasteiger partial charge on any atom is 0.341 e. The fraction of sp³-hybridized carbons (Fsp3) is 0.125. The zero-order valence-corrected chi connectivity index (χ0v) is 9.75. The van der Waals surface area contributed by atoms with Crippen LogP contribution in [-0.4, -0.2) is 19.5 Å². The van der Waals surface area contributed by atoms with Crippen LogP contribution in [0.1, 0.15) is 15.9 Å². The van der Waals surface area contributed by atoms with Gasteiger partial charge in [-0.05, 0) is 0 Å². The standard InChI is InChI=1S/C8H3ClF4O4S/c9-18(16,17)1-2-4(10)6(12)3(8(14)15)7(13)5(2)11/h1H2,(H,14,15). The first-order valence-electron chi connectivity index (χ1n) is 4.06. The number of carboxylic acid groups (broad SMARTS) is 1. The predicted octanol–water partition coefficient (Wildman–Crippen LogP) is 2.01. The van der Waals surface area contributed by atoms with Gasteiger partial charge in [-0.3, -0.25) is 0 Å². The normalized spacial score (nSPS) is 11.6. The molecule has 0 heterocycles. The molecule has 1 N–H and O–H groups in total. The summed E-state index contributed by atoms with van der Waals surface area (Å²) in [6, 6.07) is 0. The highest BCUT2D eigenvalue weighted by Crippen LogP contribution is 2.26. The van der Waals surface area contributed by atoms with Crippen molar-refractivity contribution in [2.45, 2.75) is 5.75 Å². The summed E-state index contributed by atoms with van der Waals surface area (Å²) >= 11 is 0. The fourth-order valence-electron chi connectivity index (χ4n) is 1.16. The third-order valence-electron chi connectivity index (χ3n) is 1.88. The maximum atomic E-state index is 13.2. The average molecular weight is 307 g/mol. The van der Waals surface area contributed by atoms with Crippen LogP contribution < -0.4 is 0 Å². The van der Waals surface area contributed by atoms with E-state index in [0.29, 0.717) is 0 Å². The van der Waals surface area contributed by atoms with Crippen LogP contribution >= 0.6 is 10.7 Å². The van der Waals surface area contributed by atoms with Gasteiger partial charge in [0, 0.05) is 16.2 Å². The summed E-state index contributed by atoms with van der Waals surface area (Å²) in [7, 11) is 0.219. The molecule has 0 amide bonds. The molecule has 0 bridgehead atoms. The lowest BCUT2D eigenvalue weighted by molar-refractivity contribution is 0.0683. The molecule has 0 radical (unpaired) electrons. The van der Waals surface area contributed by atoms with Gasteiger partial charge in [-0.25, -0.2) is 30.8 Å². The number of carbonyl (C=O) groups is 1. The lowest BCUT2D eigenvalue weighted by atomic mass is 10.1. The van der Waals surface area contributed by atoms with Crippen LogP contribution in [0.5, 0.6) is 0 Å². The molecule has 0 aliphatic carbocycles. The molecule has 0 fully saturated rings. The second-order valence-electron chi connectivity index (χ2n) is 3.10. The molecule has 1 aromatic carbocycles. The van der Waals surface area contributed by atoms with Crippen molar-refractivity contribution in [2.75, 3.05) is 0 Å². The quantitative estimate of drug-likeness (QED) is 0.527. The van der Waals surface area contributed by atoms with E-state index in [0.717, 1.165) is 0 Å². The van der Waals surface area contributed by atoms with Crippen molar-refractivity contribution < 1.29 is 35.9 Å². The van der Waals surface area contributed by atoms with Gasteiger partial charge in [-0.15, -0.1) is 0 Å². The van der Waals surface area contributed by atoms with E-state index in [1.54, 1.807) is 0 Å². The number of benzene rings is 1. The molecular formula is C8H3ClF4O4S. The Kier molecular flexibility index (Phi) is 3.86. The Balaban J connectivity index is 3.64. The van der Waals surface area contributed by atoms with E-state index in [2.05, 4.69) is 0 Å². The molecule has 0 saturated heterocycles. The third kappa shape index (κ3) is 2.72. The first-order valence-corrected chi connectivity index (χ1v) is 6.54. The summed E-state index contributed by atoms with van der Waals surface area (Å²) in [6.45, 7) is 0. The molecule has 100 valence electrons. The van der Waals surface area contributed by atoms with Gasteiger partial charge in [-0.2, -0.15) is 0 Å². The topological polar surface area (TPSA) is 71.4 Å². The van der Waals surface area contributed by atoms with Crippen molar-refractivity contribution >= 4 is 25.7 Å². The highest BCUT2D eigenvalue weighted by Gasteiger charge is 2.30. The van der Waals surface area contributed by atoms with Crippen LogP contribution in [0, 0.1) is 23.3 Å². The maximum absolute atomic E-state index is 13.2. The van der Waals surface area contributed by atoms with Gasteiger partial charge in [0.25, 0.3) is 0 Å². The fourth-order valence-corrected chi connectivity index (χ4v) is 2.09. The minimum absolute atomic E-state index is 1.50. The van der Waals surface area contributed by atoms with Crippen molar-refractivity contribution in [1.29, 1.82) is 0 Å². The predicted molar refractivity (Wildman–Crippen MR) is 51.7 cm³/mol. The van der Waals surface area contributed by atoms with Crippen LogP contribution in [0.4, 0.5) is 17.6 Å². The van der Waals surface area contributed by atoms with Crippen molar-refractivity contribution in [3.8, 4) is 0 Å². The SMILES string of the molecule is O=C(O)c1c(F)c(F)c(CS(=O)(=O)Cl)c(F)c1F. The van der Waals surface area contributed by atoms with Crippen molar-refractivity contribution in [3.05, 3.63) is 34.4 Å². The molecule has 10 heteroatoms. The van der Waals surface area contributed by atoms with E-state index in [9.17, 15) is 30.8 Å². The second-order valence-corrected chi connectivity index (χ2v) is 5.87. The van der Waals surface area contributed by atoms with Crippen LogP contribution in [0.2, 0.25) is 0 Å². The Morgan fingerprint density at radius 1 is 1.06 bits per heavy atom. The molecule has 0 aliphatic rings. The first kappa shape index (κ1) is 14.7. The summed E-state index contributed by atoms with van der Waals surface area (Å²) in [5.74, 6) is -12.4. The number of aromatic carboxylic acids is 1. The Hall–Kier alpha value is -1.35. The van der Waals surface area contributed by atoms with Crippen LogP contribution in [0.3, 0.4) is 0 Å². The van der Waals surface area contributed by atoms with E-state index in [4.69, 9.17) is 15.8 Å². The largest absolute Gasteiger partial charge is 0.477 e. The summed E-state index contributed by atoms with van der Waals surface area (Å²) in [4.78, 5) is 10.4. The van der Waals surface area contributed by atoms with Crippen molar-refractivity contribution in [3.63, 3.8) is 0 Å². The Bertz CT molecular complexity index is 599. The lowest BCUT2D eigenvalue weighted by Gasteiger charge is -2.08. The van der Waals surface area contributed by atoms with Crippen LogP contribution in [0.25, 0.3) is 0 Å². The lowest BCUT2D eigenvalue weighted by Crippen LogP contribution is -2.14. The van der Waals surface area contributed by atoms with Crippen molar-refractivity contribution in [2.24, 2.45) is 0 Å². The summed E-state index contributed by atoms with van der Waals surface area (Å²) in [6.07, 6.45) is 0. The molecule has 0 unspecified atom stereocenters. The minimum atomic E-state index is -4.48. The van der Waals surface area contributed by atoms with Crippen LogP contribution in [0.15, 0.2) is 0 Å². The number of carboxylic acids is 1. The van der Waals surface area contributed by atoms with Gasteiger partial charge >= 0.3 is 5.97 Å². The number of rotatable bonds is 3. The molecule has 0 aliphatic heterocycles. The second kappa shape index (κ2) is 4.73. The summed E-state index contributed by atoms with van der Waals surface area (Å²) in [5, 5.41) is 8.36. The van der Waals surface area contributed by atoms with E-state index in [-0.39, 0.29) is 0 Å². The van der Waals surface area contributed by atoms with E-state index >= 15 is 0 Å². The van der Waals surface area contributed by atoms with E-state index < -0.39 is 55.2 Å². The summed E-state index contributed by atoms with van der Waals surface area (Å²) in [5.41, 5.74) is -3.34. The molecule has 4 nitrogen and oxygen atoms in total. The highest BCUT2D eigenvalue weighted by atomic mass is 35.7. The Labute approximate surface area is 102 Å². The molecule has 0 aromatic heterocycles. The molecule has 0 atom stereocenters. The van der Waals surface area contributed by atoms with Crippen LogP contribution in [-0.2, 0) is 14.8 Å². The molecular weight excluding hydrogens is 304 g/mol. The van der Waals surface area contributed by atoms with Crippen molar-refractivity contribution in [1.82, 2.24) is 0 Å². The average Bonchev–Trinajstić information content (AvgIpc) is 2.20. The van der Waals surface area contributed by atoms with Gasteiger partial charge in [0.15, 0.2) is 23.3 Å². The molecule has 0 saturated carbocycles. The molecule has 0 spiro atoms. The number of hydrogen-bond acceptors (Lipinski definition) is 3. The van der Waals surface area contributed by atoms with Gasteiger partial charge in [0.05, 0.1) is 5.75 Å². The van der Waals surface area contributed by atoms with Gasteiger partial charge in [0.1, 0.15) is 5.56 Å². The zero-order chi connectivity index (χ0) is 14.2.